The highest BCUT2D eigenvalue weighted by molar-refractivity contribution is 5.88. The van der Waals surface area contributed by atoms with Crippen molar-refractivity contribution in [3.63, 3.8) is 0 Å². The molecule has 0 aliphatic heterocycles. The molecule has 0 atom stereocenters. The maximum absolute atomic E-state index is 4.66. The molecule has 0 unspecified atom stereocenters. The third-order valence-electron chi connectivity index (χ3n) is 3.63. The minimum absolute atomic E-state index is 0.654. The van der Waals surface area contributed by atoms with Gasteiger partial charge in [-0.15, -0.1) is 5.10 Å². The molecule has 4 aromatic rings. The number of nitrogens with zero attached hydrogens (tertiary/aromatic N) is 6. The van der Waals surface area contributed by atoms with E-state index in [4.69, 9.17) is 0 Å². The molecule has 7 heteroatoms. The normalized spacial score (nSPS) is 11.5. The first kappa shape index (κ1) is 12.9. The molecular formula is C15H15N7. The summed E-state index contributed by atoms with van der Waals surface area (Å²) in [6.45, 7) is 2.16. The Morgan fingerprint density at radius 3 is 3.00 bits per heavy atom. The van der Waals surface area contributed by atoms with Crippen molar-refractivity contribution in [2.45, 2.75) is 26.2 Å². The number of pyridine rings is 1. The number of hydrogen-bond acceptors (Lipinski definition) is 5. The number of aromatic nitrogens is 7. The summed E-state index contributed by atoms with van der Waals surface area (Å²) < 4.78 is 1.83. The number of hydrogen-bond donors (Lipinski definition) is 1. The first-order chi connectivity index (χ1) is 10.9. The van der Waals surface area contributed by atoms with Crippen molar-refractivity contribution in [1.29, 1.82) is 0 Å². The molecule has 0 amide bonds. The van der Waals surface area contributed by atoms with E-state index in [0.717, 1.165) is 47.3 Å². The average Bonchev–Trinajstić information content (AvgIpc) is 3.19. The van der Waals surface area contributed by atoms with Crippen LogP contribution in [0.2, 0.25) is 0 Å². The van der Waals surface area contributed by atoms with Crippen LogP contribution in [0, 0.1) is 0 Å². The van der Waals surface area contributed by atoms with Gasteiger partial charge in [-0.1, -0.05) is 13.3 Å². The minimum atomic E-state index is 0.654. The topological polar surface area (TPSA) is 84.6 Å². The first-order valence-corrected chi connectivity index (χ1v) is 7.36. The van der Waals surface area contributed by atoms with E-state index in [2.05, 4.69) is 37.2 Å². The number of rotatable bonds is 4. The van der Waals surface area contributed by atoms with Crippen LogP contribution in [0.25, 0.3) is 28.1 Å². The standard InChI is InChI=1S/C15H15N7/c1-2-3-6-12-18-14-11(9-17-20-14)15-19-13(21-22(12)15)10-5-4-7-16-8-10/h4-5,7-9H,2-3,6H2,1H3,(H,17,20). The first-order valence-electron chi connectivity index (χ1n) is 7.36. The SMILES string of the molecule is CCCCc1nc2[nH]ncc2c2nc(-c3cccnc3)nn12. The minimum Gasteiger partial charge on any atom is -0.264 e. The maximum Gasteiger partial charge on any atom is 0.183 e. The second kappa shape index (κ2) is 5.18. The molecule has 0 saturated carbocycles. The van der Waals surface area contributed by atoms with E-state index in [0.29, 0.717) is 5.82 Å². The average molecular weight is 293 g/mol. The van der Waals surface area contributed by atoms with Gasteiger partial charge in [-0.2, -0.15) is 9.61 Å². The second-order valence-electron chi connectivity index (χ2n) is 5.18. The fourth-order valence-electron chi connectivity index (χ4n) is 2.49. The third-order valence-corrected chi connectivity index (χ3v) is 3.63. The largest absolute Gasteiger partial charge is 0.264 e. The summed E-state index contributed by atoms with van der Waals surface area (Å²) in [5, 5.41) is 12.5. The Kier molecular flexibility index (Phi) is 3.03. The van der Waals surface area contributed by atoms with Crippen LogP contribution in [0.4, 0.5) is 0 Å². The molecule has 110 valence electrons. The maximum atomic E-state index is 4.66. The van der Waals surface area contributed by atoms with Crippen molar-refractivity contribution in [2.24, 2.45) is 0 Å². The molecule has 0 saturated heterocycles. The summed E-state index contributed by atoms with van der Waals surface area (Å²) in [6, 6.07) is 3.83. The third kappa shape index (κ3) is 2.02. The van der Waals surface area contributed by atoms with Gasteiger partial charge in [0.05, 0.1) is 11.6 Å². The van der Waals surface area contributed by atoms with Gasteiger partial charge < -0.3 is 0 Å². The molecule has 7 nitrogen and oxygen atoms in total. The van der Waals surface area contributed by atoms with E-state index < -0.39 is 0 Å². The lowest BCUT2D eigenvalue weighted by Crippen LogP contribution is -2.03. The highest BCUT2D eigenvalue weighted by Gasteiger charge is 2.15. The van der Waals surface area contributed by atoms with E-state index in [1.165, 1.54) is 0 Å². The van der Waals surface area contributed by atoms with Crippen molar-refractivity contribution >= 4 is 16.7 Å². The molecule has 4 heterocycles. The monoisotopic (exact) mass is 293 g/mol. The molecule has 0 bridgehead atoms. The molecule has 0 fully saturated rings. The van der Waals surface area contributed by atoms with Crippen LogP contribution in [-0.4, -0.2) is 34.8 Å². The van der Waals surface area contributed by atoms with Crippen LogP contribution in [-0.2, 0) is 6.42 Å². The van der Waals surface area contributed by atoms with E-state index in [1.54, 1.807) is 18.6 Å². The Hall–Kier alpha value is -2.83. The number of nitrogens with one attached hydrogen (secondary N) is 1. The van der Waals surface area contributed by atoms with Gasteiger partial charge in [-0.3, -0.25) is 10.1 Å². The molecule has 0 aliphatic carbocycles. The van der Waals surface area contributed by atoms with Crippen LogP contribution >= 0.6 is 0 Å². The van der Waals surface area contributed by atoms with Crippen LogP contribution in [0.3, 0.4) is 0 Å². The molecule has 22 heavy (non-hydrogen) atoms. The van der Waals surface area contributed by atoms with Crippen LogP contribution in [0.15, 0.2) is 30.7 Å². The van der Waals surface area contributed by atoms with E-state index in [9.17, 15) is 0 Å². The predicted octanol–water partition coefficient (Wildman–Crippen LogP) is 2.41. The summed E-state index contributed by atoms with van der Waals surface area (Å²) in [6.07, 6.45) is 8.27. The highest BCUT2D eigenvalue weighted by atomic mass is 15.3. The quantitative estimate of drug-likeness (QED) is 0.624. The van der Waals surface area contributed by atoms with Crippen molar-refractivity contribution in [2.75, 3.05) is 0 Å². The number of unbranched alkanes of at least 4 members (excludes halogenated alkanes) is 1. The van der Waals surface area contributed by atoms with Gasteiger partial charge in [0.25, 0.3) is 0 Å². The van der Waals surface area contributed by atoms with Gasteiger partial charge in [0.15, 0.2) is 17.1 Å². The lowest BCUT2D eigenvalue weighted by atomic mass is 10.2. The predicted molar refractivity (Wildman–Crippen MR) is 82.3 cm³/mol. The zero-order valence-electron chi connectivity index (χ0n) is 12.2. The van der Waals surface area contributed by atoms with Gasteiger partial charge in [0.2, 0.25) is 0 Å². The molecule has 4 rings (SSSR count). The Morgan fingerprint density at radius 2 is 2.18 bits per heavy atom. The second-order valence-corrected chi connectivity index (χ2v) is 5.18. The number of fused-ring (bicyclic) bond motifs is 3. The smallest absolute Gasteiger partial charge is 0.183 e. The van der Waals surface area contributed by atoms with Crippen LogP contribution in [0.1, 0.15) is 25.6 Å². The summed E-state index contributed by atoms with van der Waals surface area (Å²) in [5.74, 6) is 1.55. The lowest BCUT2D eigenvalue weighted by Gasteiger charge is -2.02. The summed E-state index contributed by atoms with van der Waals surface area (Å²) in [4.78, 5) is 13.4. The zero-order chi connectivity index (χ0) is 14.9. The van der Waals surface area contributed by atoms with E-state index in [-0.39, 0.29) is 0 Å². The Labute approximate surface area is 126 Å². The molecule has 1 N–H and O–H groups in total. The van der Waals surface area contributed by atoms with Gasteiger partial charge in [-0.25, -0.2) is 9.97 Å². The highest BCUT2D eigenvalue weighted by Crippen LogP contribution is 2.21. The van der Waals surface area contributed by atoms with Gasteiger partial charge in [0, 0.05) is 24.4 Å². The summed E-state index contributed by atoms with van der Waals surface area (Å²) in [7, 11) is 0. The Morgan fingerprint density at radius 1 is 1.23 bits per heavy atom. The van der Waals surface area contributed by atoms with Gasteiger partial charge in [-0.05, 0) is 18.6 Å². The molecule has 0 spiro atoms. The van der Waals surface area contributed by atoms with E-state index >= 15 is 0 Å². The molecule has 0 aromatic carbocycles. The fraction of sp³-hybridized carbons (Fsp3) is 0.267. The van der Waals surface area contributed by atoms with Crippen molar-refractivity contribution in [1.82, 2.24) is 34.8 Å². The number of aromatic amines is 1. The molecular weight excluding hydrogens is 278 g/mol. The van der Waals surface area contributed by atoms with Crippen molar-refractivity contribution in [3.8, 4) is 11.4 Å². The van der Waals surface area contributed by atoms with E-state index in [1.807, 2.05) is 16.6 Å². The lowest BCUT2D eigenvalue weighted by molar-refractivity contribution is 0.718. The van der Waals surface area contributed by atoms with Gasteiger partial charge >= 0.3 is 0 Å². The molecule has 0 radical (unpaired) electrons. The molecule has 0 aliphatic rings. The van der Waals surface area contributed by atoms with Crippen LogP contribution < -0.4 is 0 Å². The van der Waals surface area contributed by atoms with Gasteiger partial charge in [0.1, 0.15) is 5.82 Å². The fourth-order valence-corrected chi connectivity index (χ4v) is 2.49. The Bertz CT molecular complexity index is 923. The summed E-state index contributed by atoms with van der Waals surface area (Å²) in [5.41, 5.74) is 2.43. The number of aryl methyl sites for hydroxylation is 1. The zero-order valence-corrected chi connectivity index (χ0v) is 12.2. The van der Waals surface area contributed by atoms with Crippen molar-refractivity contribution in [3.05, 3.63) is 36.5 Å². The Balaban J connectivity index is 1.96. The van der Waals surface area contributed by atoms with Crippen molar-refractivity contribution < 1.29 is 0 Å². The summed E-state index contributed by atoms with van der Waals surface area (Å²) >= 11 is 0. The molecule has 4 aromatic heterocycles. The number of H-pyrrole nitrogens is 1. The van der Waals surface area contributed by atoms with Crippen LogP contribution in [0.5, 0.6) is 0 Å².